The minimum absolute atomic E-state index is 0.0201. The summed E-state index contributed by atoms with van der Waals surface area (Å²) in [5.41, 5.74) is 18.6. The maximum atomic E-state index is 11.4. The van der Waals surface area contributed by atoms with Crippen molar-refractivity contribution in [1.82, 2.24) is 16.0 Å². The average Bonchev–Trinajstić information content (AvgIpc) is 3.22. The molecule has 2 unspecified atom stereocenters. The second kappa shape index (κ2) is 30.9. The summed E-state index contributed by atoms with van der Waals surface area (Å²) in [4.78, 5) is 11.4. The molecule has 0 fully saturated rings. The van der Waals surface area contributed by atoms with E-state index in [1.54, 1.807) is 18.2 Å². The maximum Gasteiger partial charge on any atom is 0.264 e. The van der Waals surface area contributed by atoms with Crippen molar-refractivity contribution in [3.63, 3.8) is 0 Å². The van der Waals surface area contributed by atoms with E-state index in [1.165, 1.54) is 0 Å². The molecule has 376 valence electrons. The molecule has 0 radical (unpaired) electrons. The highest BCUT2D eigenvalue weighted by Gasteiger charge is 2.40. The zero-order valence-electron chi connectivity index (χ0n) is 37.6. The van der Waals surface area contributed by atoms with Crippen molar-refractivity contribution >= 4 is 36.6 Å². The lowest BCUT2D eigenvalue weighted by atomic mass is 9.76. The molecule has 1 aromatic rings. The molecule has 0 bridgehead atoms. The Morgan fingerprint density at radius 3 is 2.05 bits per heavy atom. The van der Waals surface area contributed by atoms with Crippen LogP contribution in [0, 0.1) is 5.41 Å². The first-order chi connectivity index (χ1) is 30.7. The van der Waals surface area contributed by atoms with Crippen LogP contribution < -0.4 is 42.6 Å². The van der Waals surface area contributed by atoms with Crippen molar-refractivity contribution < 1.29 is 67.4 Å². The first-order valence-corrected chi connectivity index (χ1v) is 26.9. The van der Waals surface area contributed by atoms with E-state index < -0.39 is 59.1 Å². The highest BCUT2D eigenvalue weighted by atomic mass is 32.2. The predicted octanol–water partition coefficient (Wildman–Crippen LogP) is 2.45. The average molecular weight is 987 g/mol. The molecule has 0 aliphatic heterocycles. The molecule has 3 atom stereocenters. The molecule has 24 heteroatoms. The lowest BCUT2D eigenvalue weighted by Crippen LogP contribution is -2.42. The fourth-order valence-electron chi connectivity index (χ4n) is 6.72. The summed E-state index contributed by atoms with van der Waals surface area (Å²) in [5.74, 6) is 0.0202. The molecule has 0 saturated heterocycles. The number of hydrogen-bond acceptors (Lipinski definition) is 18. The van der Waals surface area contributed by atoms with E-state index in [1.807, 2.05) is 13.1 Å². The van der Waals surface area contributed by atoms with Gasteiger partial charge in [0, 0.05) is 43.6 Å². The summed E-state index contributed by atoms with van der Waals surface area (Å²) < 4.78 is 125. The summed E-state index contributed by atoms with van der Waals surface area (Å²) in [6.07, 6.45) is 8.39. The smallest absolute Gasteiger partial charge is 0.264 e. The van der Waals surface area contributed by atoms with E-state index >= 15 is 0 Å². The van der Waals surface area contributed by atoms with Gasteiger partial charge >= 0.3 is 0 Å². The number of ether oxygens (including phenoxy) is 5. The molecule has 0 saturated carbocycles. The number of carbonyl (C=O) groups is 1. The third-order valence-electron chi connectivity index (χ3n) is 10.0. The molecule has 0 spiro atoms. The van der Waals surface area contributed by atoms with Crippen molar-refractivity contribution in [1.29, 1.82) is 0 Å². The summed E-state index contributed by atoms with van der Waals surface area (Å²) in [6, 6.07) is 5.09. The Hall–Kier alpha value is -3.30. The highest BCUT2D eigenvalue weighted by molar-refractivity contribution is 7.86. The van der Waals surface area contributed by atoms with Crippen molar-refractivity contribution in [3.05, 3.63) is 47.2 Å². The van der Waals surface area contributed by atoms with Gasteiger partial charge < -0.3 is 56.8 Å². The number of hydrogen-bond donors (Lipinski definition) is 9. The largest absolute Gasteiger partial charge is 0.494 e. The summed E-state index contributed by atoms with van der Waals surface area (Å²) >= 11 is 0. The molecule has 0 heterocycles. The minimum Gasteiger partial charge on any atom is -0.494 e. The second-order valence-electron chi connectivity index (χ2n) is 16.3. The van der Waals surface area contributed by atoms with Gasteiger partial charge in [-0.25, -0.2) is 0 Å². The van der Waals surface area contributed by atoms with E-state index in [0.29, 0.717) is 81.5 Å². The van der Waals surface area contributed by atoms with Crippen LogP contribution in [0.5, 0.6) is 11.5 Å². The number of carbonyl (C=O) groups excluding carboxylic acids is 1. The standard InChI is InChI=1S/C41H74N6O15S3/c1-41(28-37(60-21-8-24-63(49,50)51)40(62-23-10-26-65(55,56)57)38(29-41)61-22-9-25-64(52,53)54)32-46-17-7-18-47-39(44)12-3-5-19-58-35-14-13-33(31-48)27-36(35)59-20-4-2-11-34(43)30-45-16-6-15-42/h13-14,27,30-31,37,39,45-47H,2-12,15-26,28-29,32,42-44H2,1H3,(H,49,50,51)(H,52,53,54)(H,55,56,57)/b34-30-/t37-,39?,41?/m0/s1. The molecule has 21 nitrogen and oxygen atoms in total. The van der Waals surface area contributed by atoms with Gasteiger partial charge in [0.05, 0.1) is 49.9 Å². The van der Waals surface area contributed by atoms with Crippen molar-refractivity contribution in [2.24, 2.45) is 22.6 Å². The zero-order chi connectivity index (χ0) is 48.2. The van der Waals surface area contributed by atoms with E-state index in [0.717, 1.165) is 63.5 Å². The summed E-state index contributed by atoms with van der Waals surface area (Å²) in [7, 11) is -12.7. The number of aldehydes is 1. The Bertz CT molecular complexity index is 1940. The van der Waals surface area contributed by atoms with Crippen LogP contribution in [0.4, 0.5) is 0 Å². The molecule has 0 amide bonds. The van der Waals surface area contributed by atoms with E-state index in [2.05, 4.69) is 16.0 Å². The molecular formula is C41H74N6O15S3. The lowest BCUT2D eigenvalue weighted by molar-refractivity contribution is -0.0272. The van der Waals surface area contributed by atoms with Crippen molar-refractivity contribution in [2.45, 2.75) is 103 Å². The molecule has 0 aromatic heterocycles. The number of allylic oxidation sites excluding steroid dienone is 2. The first kappa shape index (κ1) is 57.8. The Kier molecular flexibility index (Phi) is 27.5. The third-order valence-corrected chi connectivity index (χ3v) is 12.4. The van der Waals surface area contributed by atoms with Crippen LogP contribution in [0.15, 0.2) is 41.6 Å². The van der Waals surface area contributed by atoms with Crippen molar-refractivity contribution in [2.75, 3.05) is 83.0 Å². The highest BCUT2D eigenvalue weighted by Crippen LogP contribution is 2.41. The predicted molar refractivity (Wildman–Crippen MR) is 247 cm³/mol. The third kappa shape index (κ3) is 28.5. The number of unbranched alkanes of at least 4 members (excludes halogenated alkanes) is 2. The van der Waals surface area contributed by atoms with Crippen LogP contribution in [0.2, 0.25) is 0 Å². The normalized spacial score (nSPS) is 17.8. The van der Waals surface area contributed by atoms with E-state index in [4.69, 9.17) is 45.4 Å². The van der Waals surface area contributed by atoms with Crippen molar-refractivity contribution in [3.8, 4) is 11.5 Å². The van der Waals surface area contributed by atoms with Gasteiger partial charge in [0.2, 0.25) is 0 Å². The maximum absolute atomic E-state index is 11.4. The van der Waals surface area contributed by atoms with Gasteiger partial charge in [0.25, 0.3) is 30.4 Å². The van der Waals surface area contributed by atoms with Gasteiger partial charge in [-0.3, -0.25) is 18.5 Å². The summed E-state index contributed by atoms with van der Waals surface area (Å²) in [5, 5.41) is 9.94. The van der Waals surface area contributed by atoms with E-state index in [-0.39, 0.29) is 51.0 Å². The molecule has 12 N–H and O–H groups in total. The van der Waals surface area contributed by atoms with Gasteiger partial charge in [0.1, 0.15) is 18.1 Å². The second-order valence-corrected chi connectivity index (χ2v) is 21.1. The van der Waals surface area contributed by atoms with Crippen LogP contribution in [0.3, 0.4) is 0 Å². The summed E-state index contributed by atoms with van der Waals surface area (Å²) in [6.45, 7) is 5.73. The van der Waals surface area contributed by atoms with Gasteiger partial charge in [-0.1, -0.05) is 6.92 Å². The topological polar surface area (TPSA) is 340 Å². The number of benzene rings is 1. The Morgan fingerprint density at radius 2 is 1.40 bits per heavy atom. The van der Waals surface area contributed by atoms with Crippen LogP contribution in [-0.2, 0) is 44.6 Å². The van der Waals surface area contributed by atoms with Crippen LogP contribution in [0.25, 0.3) is 0 Å². The van der Waals surface area contributed by atoms with Gasteiger partial charge in [-0.15, -0.1) is 0 Å². The fraction of sp³-hybridized carbons (Fsp3) is 0.732. The van der Waals surface area contributed by atoms with Gasteiger partial charge in [-0.05, 0) is 120 Å². The number of nitrogens with one attached hydrogen (secondary N) is 3. The number of rotatable bonds is 39. The first-order valence-electron chi connectivity index (χ1n) is 22.1. The molecule has 1 aliphatic rings. The molecule has 1 aliphatic carbocycles. The molecule has 65 heavy (non-hydrogen) atoms. The molecule has 2 rings (SSSR count). The monoisotopic (exact) mass is 986 g/mol. The Morgan fingerprint density at radius 1 is 0.785 bits per heavy atom. The number of nitrogens with two attached hydrogens (primary N) is 3. The fourth-order valence-corrected chi connectivity index (χ4v) is 8.17. The quantitative estimate of drug-likeness (QED) is 0.0198. The van der Waals surface area contributed by atoms with Gasteiger partial charge in [-0.2, -0.15) is 25.3 Å². The van der Waals surface area contributed by atoms with Crippen LogP contribution in [-0.4, -0.2) is 140 Å². The van der Waals surface area contributed by atoms with E-state index in [9.17, 15) is 39.2 Å². The van der Waals surface area contributed by atoms with Gasteiger partial charge in [0.15, 0.2) is 17.3 Å². The zero-order valence-corrected chi connectivity index (χ0v) is 40.1. The Labute approximate surface area is 385 Å². The van der Waals surface area contributed by atoms with Crippen LogP contribution >= 0.6 is 0 Å². The SMILES string of the molecule is CC1(CNCCCNC(N)CCCCOc2ccc(C=O)cc2OCCCC/C(N)=C/NCCCN)CC(OCCCS(=O)(=O)O)=C(OCCCS(=O)(=O)O)[C@@H](OCCCS(=O)(=O)O)C1. The Balaban J connectivity index is 1.84. The lowest BCUT2D eigenvalue weighted by Gasteiger charge is -2.40. The minimum atomic E-state index is -4.25. The molecule has 1 aromatic carbocycles. The molecular weight excluding hydrogens is 913 g/mol. The van der Waals surface area contributed by atoms with Crippen LogP contribution in [0.1, 0.15) is 101 Å².